The standard InChI is InChI=1S/C19H20N4O/c1-13-2-5-18-22-16-4-3-15(10-17(16)23(18)12-13)19(24)21-11-14-6-8-20-9-7-14/h2,5-9,12,15H,3-4,10-11H2,1H3,(H,21,24). The maximum absolute atomic E-state index is 12.5. The largest absolute Gasteiger partial charge is 0.352 e. The van der Waals surface area contributed by atoms with Gasteiger partial charge in [-0.15, -0.1) is 0 Å². The van der Waals surface area contributed by atoms with Crippen molar-refractivity contribution in [2.75, 3.05) is 0 Å². The fourth-order valence-corrected chi connectivity index (χ4v) is 3.37. The van der Waals surface area contributed by atoms with Gasteiger partial charge in [-0.1, -0.05) is 6.07 Å². The van der Waals surface area contributed by atoms with Crippen molar-refractivity contribution in [1.29, 1.82) is 0 Å². The molecule has 122 valence electrons. The van der Waals surface area contributed by atoms with E-state index in [9.17, 15) is 4.79 Å². The molecule has 0 bridgehead atoms. The van der Waals surface area contributed by atoms with Gasteiger partial charge in [0.05, 0.1) is 5.69 Å². The van der Waals surface area contributed by atoms with Gasteiger partial charge in [0.25, 0.3) is 0 Å². The van der Waals surface area contributed by atoms with Crippen LogP contribution >= 0.6 is 0 Å². The van der Waals surface area contributed by atoms with Gasteiger partial charge in [0.15, 0.2) is 0 Å². The average molecular weight is 320 g/mol. The normalized spacial score (nSPS) is 16.8. The minimum absolute atomic E-state index is 0.0137. The molecule has 1 aliphatic carbocycles. The van der Waals surface area contributed by atoms with Gasteiger partial charge in [0.2, 0.25) is 5.91 Å². The molecule has 1 atom stereocenters. The lowest BCUT2D eigenvalue weighted by Crippen LogP contribution is -2.34. The quantitative estimate of drug-likeness (QED) is 0.806. The van der Waals surface area contributed by atoms with Crippen LogP contribution in [0.4, 0.5) is 0 Å². The van der Waals surface area contributed by atoms with E-state index in [1.807, 2.05) is 18.2 Å². The van der Waals surface area contributed by atoms with Crippen molar-refractivity contribution in [3.05, 3.63) is 65.4 Å². The van der Waals surface area contributed by atoms with Crippen LogP contribution in [0.2, 0.25) is 0 Å². The molecule has 1 amide bonds. The van der Waals surface area contributed by atoms with Crippen molar-refractivity contribution in [2.45, 2.75) is 32.7 Å². The summed E-state index contributed by atoms with van der Waals surface area (Å²) in [5, 5.41) is 3.05. The summed E-state index contributed by atoms with van der Waals surface area (Å²) in [6, 6.07) is 7.97. The number of nitrogens with zero attached hydrogens (tertiary/aromatic N) is 3. The highest BCUT2D eigenvalue weighted by Gasteiger charge is 2.27. The molecular formula is C19H20N4O. The van der Waals surface area contributed by atoms with Crippen molar-refractivity contribution in [3.63, 3.8) is 0 Å². The van der Waals surface area contributed by atoms with Gasteiger partial charge >= 0.3 is 0 Å². The van der Waals surface area contributed by atoms with Gasteiger partial charge in [0.1, 0.15) is 5.65 Å². The molecule has 1 unspecified atom stereocenters. The zero-order chi connectivity index (χ0) is 16.5. The minimum atomic E-state index is 0.0137. The van der Waals surface area contributed by atoms with Crippen molar-refractivity contribution in [2.24, 2.45) is 5.92 Å². The highest BCUT2D eigenvalue weighted by molar-refractivity contribution is 5.79. The van der Waals surface area contributed by atoms with Crippen LogP contribution in [0, 0.1) is 12.8 Å². The Morgan fingerprint density at radius 3 is 2.96 bits per heavy atom. The van der Waals surface area contributed by atoms with Gasteiger partial charge in [0, 0.05) is 43.2 Å². The third-order valence-electron chi connectivity index (χ3n) is 4.70. The first-order valence-electron chi connectivity index (χ1n) is 8.34. The number of hydrogen-bond donors (Lipinski definition) is 1. The third kappa shape index (κ3) is 2.77. The Kier molecular flexibility index (Phi) is 3.76. The lowest BCUT2D eigenvalue weighted by Gasteiger charge is -2.21. The summed E-state index contributed by atoms with van der Waals surface area (Å²) in [6.45, 7) is 2.63. The van der Waals surface area contributed by atoms with E-state index >= 15 is 0 Å². The molecule has 0 fully saturated rings. The highest BCUT2D eigenvalue weighted by atomic mass is 16.1. The Labute approximate surface area is 140 Å². The molecule has 5 heteroatoms. The van der Waals surface area contributed by atoms with Gasteiger partial charge in [-0.25, -0.2) is 4.98 Å². The summed E-state index contributed by atoms with van der Waals surface area (Å²) in [7, 11) is 0. The van der Waals surface area contributed by atoms with Gasteiger partial charge < -0.3 is 9.72 Å². The summed E-state index contributed by atoms with van der Waals surface area (Å²) in [5.41, 5.74) is 5.57. The van der Waals surface area contributed by atoms with Crippen LogP contribution in [0.5, 0.6) is 0 Å². The van der Waals surface area contributed by atoms with Crippen molar-refractivity contribution in [3.8, 4) is 0 Å². The van der Waals surface area contributed by atoms with Crippen LogP contribution in [-0.4, -0.2) is 20.3 Å². The number of rotatable bonds is 3. The van der Waals surface area contributed by atoms with E-state index in [-0.39, 0.29) is 11.8 Å². The number of carbonyl (C=O) groups excluding carboxylic acids is 1. The van der Waals surface area contributed by atoms with E-state index in [0.29, 0.717) is 6.54 Å². The molecule has 3 aromatic rings. The average Bonchev–Trinajstić information content (AvgIpc) is 2.97. The fraction of sp³-hybridized carbons (Fsp3) is 0.316. The van der Waals surface area contributed by atoms with Gasteiger partial charge in [-0.05, 0) is 49.1 Å². The van der Waals surface area contributed by atoms with Crippen LogP contribution in [-0.2, 0) is 24.2 Å². The molecule has 0 saturated carbocycles. The summed E-state index contributed by atoms with van der Waals surface area (Å²) >= 11 is 0. The van der Waals surface area contributed by atoms with Crippen molar-refractivity contribution >= 4 is 11.6 Å². The molecule has 1 N–H and O–H groups in total. The smallest absolute Gasteiger partial charge is 0.223 e. The van der Waals surface area contributed by atoms with Crippen molar-refractivity contribution < 1.29 is 4.79 Å². The Hall–Kier alpha value is -2.69. The number of hydrogen-bond acceptors (Lipinski definition) is 3. The highest BCUT2D eigenvalue weighted by Crippen LogP contribution is 2.27. The molecule has 4 rings (SSSR count). The number of aryl methyl sites for hydroxylation is 2. The molecule has 0 saturated heterocycles. The van der Waals surface area contributed by atoms with E-state index in [4.69, 9.17) is 4.98 Å². The molecule has 3 heterocycles. The third-order valence-corrected chi connectivity index (χ3v) is 4.70. The predicted molar refractivity (Wildman–Crippen MR) is 91.5 cm³/mol. The first-order chi connectivity index (χ1) is 11.7. The maximum Gasteiger partial charge on any atom is 0.223 e. The molecule has 0 spiro atoms. The van der Waals surface area contributed by atoms with E-state index < -0.39 is 0 Å². The van der Waals surface area contributed by atoms with Crippen LogP contribution in [0.3, 0.4) is 0 Å². The second kappa shape index (κ2) is 6.07. The number of carbonyl (C=O) groups is 1. The number of aromatic nitrogens is 3. The van der Waals surface area contributed by atoms with E-state index in [1.165, 1.54) is 11.3 Å². The maximum atomic E-state index is 12.5. The molecule has 3 aromatic heterocycles. The second-order valence-corrected chi connectivity index (χ2v) is 6.45. The SMILES string of the molecule is Cc1ccc2nc3c(n2c1)CC(C(=O)NCc1ccncc1)CC3. The molecule has 24 heavy (non-hydrogen) atoms. The van der Waals surface area contributed by atoms with E-state index in [2.05, 4.69) is 33.9 Å². The van der Waals surface area contributed by atoms with Crippen LogP contribution in [0.25, 0.3) is 5.65 Å². The first-order valence-corrected chi connectivity index (χ1v) is 8.34. The molecule has 0 radical (unpaired) electrons. The predicted octanol–water partition coefficient (Wildman–Crippen LogP) is 2.46. The number of pyridine rings is 2. The van der Waals surface area contributed by atoms with Crippen LogP contribution in [0.1, 0.15) is 28.9 Å². The summed E-state index contributed by atoms with van der Waals surface area (Å²) in [5.74, 6) is 0.139. The Morgan fingerprint density at radius 2 is 2.12 bits per heavy atom. The van der Waals surface area contributed by atoms with Gasteiger partial charge in [-0.3, -0.25) is 9.78 Å². The van der Waals surface area contributed by atoms with Crippen molar-refractivity contribution in [1.82, 2.24) is 19.7 Å². The summed E-state index contributed by atoms with van der Waals surface area (Å²) < 4.78 is 2.15. The molecule has 0 aliphatic heterocycles. The lowest BCUT2D eigenvalue weighted by atomic mass is 9.89. The summed E-state index contributed by atoms with van der Waals surface area (Å²) in [6.07, 6.45) is 8.08. The van der Waals surface area contributed by atoms with Crippen LogP contribution in [0.15, 0.2) is 42.9 Å². The molecule has 0 aromatic carbocycles. The Morgan fingerprint density at radius 1 is 1.29 bits per heavy atom. The van der Waals surface area contributed by atoms with Crippen LogP contribution < -0.4 is 5.32 Å². The molecule has 5 nitrogen and oxygen atoms in total. The second-order valence-electron chi connectivity index (χ2n) is 6.45. The first kappa shape index (κ1) is 14.9. The summed E-state index contributed by atoms with van der Waals surface area (Å²) in [4.78, 5) is 21.3. The fourth-order valence-electron chi connectivity index (χ4n) is 3.37. The lowest BCUT2D eigenvalue weighted by molar-refractivity contribution is -0.125. The van der Waals surface area contributed by atoms with E-state index in [0.717, 1.165) is 36.2 Å². The number of nitrogens with one attached hydrogen (secondary N) is 1. The molecule has 1 aliphatic rings. The zero-order valence-corrected chi connectivity index (χ0v) is 13.7. The molecular weight excluding hydrogens is 300 g/mol. The van der Waals surface area contributed by atoms with Gasteiger partial charge in [-0.2, -0.15) is 0 Å². The topological polar surface area (TPSA) is 59.3 Å². The number of imidazole rings is 1. The number of amides is 1. The Bertz CT molecular complexity index is 885. The van der Waals surface area contributed by atoms with E-state index in [1.54, 1.807) is 12.4 Å². The minimum Gasteiger partial charge on any atom is -0.352 e. The number of fused-ring (bicyclic) bond motifs is 3. The Balaban J connectivity index is 1.50. The monoisotopic (exact) mass is 320 g/mol. The zero-order valence-electron chi connectivity index (χ0n) is 13.7.